The molecule has 4 unspecified atom stereocenters. The molecule has 1 heterocycles. The number of methoxy groups -OCH3 is 1. The summed E-state index contributed by atoms with van der Waals surface area (Å²) in [5.41, 5.74) is -0.993. The molecule has 1 aromatic heterocycles. The minimum atomic E-state index is -1.82. The highest BCUT2D eigenvalue weighted by atomic mass is 31.2. The Labute approximate surface area is 185 Å². The third-order valence-corrected chi connectivity index (χ3v) is 5.12. The molecule has 0 amide bonds. The van der Waals surface area contributed by atoms with E-state index in [1.807, 2.05) is 34.6 Å². The van der Waals surface area contributed by atoms with E-state index in [2.05, 4.69) is 10.1 Å². The van der Waals surface area contributed by atoms with Crippen molar-refractivity contribution in [2.24, 2.45) is 11.8 Å². The Hall–Kier alpha value is -1.42. The fourth-order valence-corrected chi connectivity index (χ4v) is 3.24. The molecule has 4 atom stereocenters. The van der Waals surface area contributed by atoms with Crippen LogP contribution in [0.2, 0.25) is 0 Å². The fraction of sp³-hybridized carbons (Fsp3) is 0.750. The van der Waals surface area contributed by atoms with Crippen molar-refractivity contribution in [1.82, 2.24) is 14.6 Å². The van der Waals surface area contributed by atoms with Gasteiger partial charge in [0.15, 0.2) is 0 Å². The van der Waals surface area contributed by atoms with Crippen molar-refractivity contribution in [2.75, 3.05) is 20.3 Å². The Morgan fingerprint density at radius 2 is 1.84 bits per heavy atom. The summed E-state index contributed by atoms with van der Waals surface area (Å²) in [6.07, 6.45) is 2.04. The van der Waals surface area contributed by atoms with Gasteiger partial charge in [0.25, 0.3) is 14.1 Å². The van der Waals surface area contributed by atoms with E-state index >= 15 is 0 Å². The number of carbonyl (C=O) groups excluding carboxylic acids is 1. The van der Waals surface area contributed by atoms with E-state index in [1.165, 1.54) is 16.8 Å². The molecular weight excluding hydrogens is 425 g/mol. The molecular formula is C20H38N3O7P. The van der Waals surface area contributed by atoms with Crippen LogP contribution in [0.3, 0.4) is 0 Å². The molecule has 0 fully saturated rings. The number of hydrogen-bond donors (Lipinski definition) is 3. The van der Waals surface area contributed by atoms with Gasteiger partial charge in [-0.2, -0.15) is 0 Å². The zero-order chi connectivity index (χ0) is 24.0. The van der Waals surface area contributed by atoms with Crippen LogP contribution in [-0.4, -0.2) is 53.2 Å². The summed E-state index contributed by atoms with van der Waals surface area (Å²) in [6.45, 7) is 12.0. The summed E-state index contributed by atoms with van der Waals surface area (Å²) in [4.78, 5) is 44.7. The van der Waals surface area contributed by atoms with Crippen molar-refractivity contribution >= 4 is 14.8 Å². The van der Waals surface area contributed by atoms with Gasteiger partial charge in [0, 0.05) is 31.3 Å². The highest BCUT2D eigenvalue weighted by molar-refractivity contribution is 7.43. The third kappa shape index (κ3) is 12.9. The first-order valence-corrected chi connectivity index (χ1v) is 11.6. The largest absolute Gasteiger partial charge is 0.383 e. The zero-order valence-corrected chi connectivity index (χ0v) is 20.4. The lowest BCUT2D eigenvalue weighted by molar-refractivity contribution is -0.110. The smallest absolute Gasteiger partial charge is 0.330 e. The Morgan fingerprint density at radius 3 is 2.29 bits per heavy atom. The summed E-state index contributed by atoms with van der Waals surface area (Å²) in [5, 5.41) is 3.02. The van der Waals surface area contributed by atoms with E-state index in [9.17, 15) is 19.3 Å². The van der Waals surface area contributed by atoms with Crippen LogP contribution >= 0.6 is 8.53 Å². The molecule has 10 nitrogen and oxygen atoms in total. The minimum absolute atomic E-state index is 0.0178. The van der Waals surface area contributed by atoms with Gasteiger partial charge in [0.05, 0.1) is 19.3 Å². The molecule has 180 valence electrons. The molecule has 0 aliphatic carbocycles. The second-order valence-corrected chi connectivity index (χ2v) is 8.73. The summed E-state index contributed by atoms with van der Waals surface area (Å²) in [6, 6.07) is 1.24. The van der Waals surface area contributed by atoms with E-state index < -0.39 is 26.0 Å². The van der Waals surface area contributed by atoms with Crippen molar-refractivity contribution in [3.8, 4) is 0 Å². The maximum absolute atomic E-state index is 11.8. The summed E-state index contributed by atoms with van der Waals surface area (Å²) in [5.74, 6) is 0.482. The highest BCUT2D eigenvalue weighted by Gasteiger charge is 2.20. The van der Waals surface area contributed by atoms with Crippen molar-refractivity contribution < 1.29 is 23.7 Å². The fourth-order valence-electron chi connectivity index (χ4n) is 2.20. The van der Waals surface area contributed by atoms with E-state index in [1.54, 1.807) is 14.0 Å². The van der Waals surface area contributed by atoms with Gasteiger partial charge in [-0.3, -0.25) is 14.3 Å². The van der Waals surface area contributed by atoms with Crippen molar-refractivity contribution in [2.45, 2.75) is 66.3 Å². The summed E-state index contributed by atoms with van der Waals surface area (Å²) < 4.78 is 17.7. The Balaban J connectivity index is 0.00000161. The topological polar surface area (TPSA) is 132 Å². The van der Waals surface area contributed by atoms with E-state index in [-0.39, 0.29) is 30.6 Å². The van der Waals surface area contributed by atoms with Crippen LogP contribution in [0.4, 0.5) is 0 Å². The number of nitrogens with one attached hydrogen (secondary N) is 2. The number of hydrogen-bond acceptors (Lipinski definition) is 8. The van der Waals surface area contributed by atoms with Gasteiger partial charge in [-0.15, -0.1) is 0 Å². The first-order chi connectivity index (χ1) is 14.5. The third-order valence-electron chi connectivity index (χ3n) is 4.17. The van der Waals surface area contributed by atoms with Crippen molar-refractivity contribution in [3.63, 3.8) is 0 Å². The second-order valence-electron chi connectivity index (χ2n) is 7.67. The van der Waals surface area contributed by atoms with Crippen LogP contribution in [-0.2, 0) is 18.8 Å². The predicted octanol–water partition coefficient (Wildman–Crippen LogP) is 2.19. The molecule has 0 spiro atoms. The maximum atomic E-state index is 11.8. The summed E-state index contributed by atoms with van der Waals surface area (Å²) >= 11 is 0. The lowest BCUT2D eigenvalue weighted by Crippen LogP contribution is -2.36. The molecule has 0 radical (unpaired) electrons. The quantitative estimate of drug-likeness (QED) is 0.300. The normalized spacial score (nSPS) is 15.2. The van der Waals surface area contributed by atoms with Crippen LogP contribution in [0.1, 0.15) is 54.2 Å². The van der Waals surface area contributed by atoms with Gasteiger partial charge in [-0.1, -0.05) is 34.6 Å². The molecule has 0 bridgehead atoms. The molecule has 0 aromatic carbocycles. The number of aldehydes is 1. The minimum Gasteiger partial charge on any atom is -0.383 e. The van der Waals surface area contributed by atoms with Gasteiger partial charge in [-0.05, 0) is 19.3 Å². The van der Waals surface area contributed by atoms with Crippen LogP contribution in [0.25, 0.3) is 0 Å². The number of carbonyl (C=O) groups is 1. The average molecular weight is 464 g/mol. The standard InChI is InChI=1S/C16H30N3O6P.C4H8O/c1-6-13(9-24-26(22)18-14(10-23-5)11(2)3)25-12(4)19-8-7-15(20)17-16(19)21;1-4(2)3-5/h7-8,11-14,18,22H,6,9-10H2,1-5H3,(H,17,20,21);3-4H,1-2H3. The van der Waals surface area contributed by atoms with Gasteiger partial charge in [-0.25, -0.2) is 9.88 Å². The molecule has 0 aliphatic heterocycles. The SMILES string of the molecule is CC(C)C=O.CCC(COP(O)NC(COC)C(C)C)OC(C)n1ccc(=O)[nH]c1=O. The summed E-state index contributed by atoms with van der Waals surface area (Å²) in [7, 11) is -0.208. The highest BCUT2D eigenvalue weighted by Crippen LogP contribution is 2.29. The number of rotatable bonds is 13. The molecule has 1 rings (SSSR count). The van der Waals surface area contributed by atoms with Crippen LogP contribution in [0, 0.1) is 11.8 Å². The molecule has 3 N–H and O–H groups in total. The number of aromatic amines is 1. The Bertz CT molecular complexity index is 723. The molecule has 31 heavy (non-hydrogen) atoms. The lowest BCUT2D eigenvalue weighted by Gasteiger charge is -2.26. The second kappa shape index (κ2) is 16.2. The Morgan fingerprint density at radius 1 is 1.23 bits per heavy atom. The van der Waals surface area contributed by atoms with Crippen LogP contribution in [0.15, 0.2) is 21.9 Å². The van der Waals surface area contributed by atoms with E-state index in [0.717, 1.165) is 6.29 Å². The molecule has 1 aromatic rings. The van der Waals surface area contributed by atoms with Gasteiger partial charge < -0.3 is 23.7 Å². The number of ether oxygens (including phenoxy) is 2. The molecule has 0 aliphatic rings. The van der Waals surface area contributed by atoms with Gasteiger partial charge in [0.1, 0.15) is 12.5 Å². The van der Waals surface area contributed by atoms with Crippen molar-refractivity contribution in [1.29, 1.82) is 0 Å². The number of H-pyrrole nitrogens is 1. The lowest BCUT2D eigenvalue weighted by atomic mass is 10.1. The van der Waals surface area contributed by atoms with E-state index in [0.29, 0.717) is 13.0 Å². The van der Waals surface area contributed by atoms with E-state index in [4.69, 9.17) is 14.0 Å². The van der Waals surface area contributed by atoms with Gasteiger partial charge in [0.2, 0.25) is 0 Å². The van der Waals surface area contributed by atoms with Gasteiger partial charge >= 0.3 is 5.69 Å². The number of aromatic nitrogens is 2. The number of nitrogens with zero attached hydrogens (tertiary/aromatic N) is 1. The molecule has 0 saturated carbocycles. The van der Waals surface area contributed by atoms with Crippen LogP contribution < -0.4 is 16.3 Å². The monoisotopic (exact) mass is 463 g/mol. The average Bonchev–Trinajstić information content (AvgIpc) is 2.70. The van der Waals surface area contributed by atoms with Crippen molar-refractivity contribution in [3.05, 3.63) is 33.1 Å². The molecule has 11 heteroatoms. The van der Waals surface area contributed by atoms with Crippen LogP contribution in [0.5, 0.6) is 0 Å². The molecule has 0 saturated heterocycles. The zero-order valence-electron chi connectivity index (χ0n) is 19.5. The first-order valence-electron chi connectivity index (χ1n) is 10.3. The predicted molar refractivity (Wildman–Crippen MR) is 121 cm³/mol. The maximum Gasteiger partial charge on any atom is 0.330 e. The Kier molecular flexibility index (Phi) is 15.5. The first kappa shape index (κ1) is 29.6.